The lowest BCUT2D eigenvalue weighted by molar-refractivity contribution is -0.145. The number of halogens is 2. The summed E-state index contributed by atoms with van der Waals surface area (Å²) in [7, 11) is 0. The van der Waals surface area contributed by atoms with Gasteiger partial charge in [-0.15, -0.1) is 10.2 Å². The van der Waals surface area contributed by atoms with Crippen molar-refractivity contribution in [3.8, 4) is 5.75 Å². The number of carboxylic acids is 1. The number of rotatable bonds is 14. The molecule has 0 bridgehead atoms. The minimum atomic E-state index is -1.20. The number of thioether (sulfide) groups is 1. The van der Waals surface area contributed by atoms with Crippen LogP contribution in [-0.2, 0) is 29.9 Å². The molecule has 0 spiro atoms. The molecule has 1 aromatic heterocycles. The van der Waals surface area contributed by atoms with Crippen molar-refractivity contribution in [3.05, 3.63) is 105 Å². The molecule has 6 nitrogen and oxygen atoms in total. The van der Waals surface area contributed by atoms with Gasteiger partial charge in [-0.2, -0.15) is 0 Å². The van der Waals surface area contributed by atoms with Crippen molar-refractivity contribution in [1.29, 1.82) is 0 Å². The normalized spacial score (nSPS) is 11.9. The van der Waals surface area contributed by atoms with Crippen molar-refractivity contribution >= 4 is 40.9 Å². The number of aromatic nitrogens is 3. The molecule has 4 rings (SSSR count). The van der Waals surface area contributed by atoms with Crippen molar-refractivity contribution in [1.82, 2.24) is 14.8 Å². The van der Waals surface area contributed by atoms with Crippen LogP contribution < -0.4 is 4.74 Å². The fourth-order valence-corrected chi connectivity index (χ4v) is 5.66. The van der Waals surface area contributed by atoms with Gasteiger partial charge in [0.15, 0.2) is 5.16 Å². The number of ether oxygens (including phenoxy) is 1. The first-order valence-electron chi connectivity index (χ1n) is 13.4. The molecular weight excluding hydrogens is 565 g/mol. The van der Waals surface area contributed by atoms with Crippen molar-refractivity contribution in [2.45, 2.75) is 69.5 Å². The molecule has 1 N–H and O–H groups in total. The van der Waals surface area contributed by atoms with Gasteiger partial charge in [-0.05, 0) is 53.8 Å². The third-order valence-electron chi connectivity index (χ3n) is 6.47. The van der Waals surface area contributed by atoms with E-state index in [2.05, 4.69) is 34.7 Å². The van der Waals surface area contributed by atoms with Crippen LogP contribution >= 0.6 is 35.0 Å². The number of aryl methyl sites for hydroxylation is 2. The Balaban J connectivity index is 1.59. The second-order valence-electron chi connectivity index (χ2n) is 9.55. The van der Waals surface area contributed by atoms with Gasteiger partial charge in [-0.25, -0.2) is 4.79 Å². The van der Waals surface area contributed by atoms with Crippen molar-refractivity contribution < 1.29 is 14.6 Å². The molecule has 0 fully saturated rings. The second-order valence-corrected chi connectivity index (χ2v) is 11.3. The predicted molar refractivity (Wildman–Crippen MR) is 162 cm³/mol. The van der Waals surface area contributed by atoms with Gasteiger partial charge in [-0.1, -0.05) is 104 Å². The topological polar surface area (TPSA) is 77.2 Å². The molecule has 0 saturated heterocycles. The van der Waals surface area contributed by atoms with Gasteiger partial charge in [0.25, 0.3) is 0 Å². The number of hydrogen-bond acceptors (Lipinski definition) is 5. The van der Waals surface area contributed by atoms with Crippen LogP contribution in [0.2, 0.25) is 10.0 Å². The van der Waals surface area contributed by atoms with Crippen LogP contribution in [0.3, 0.4) is 0 Å². The zero-order valence-corrected chi connectivity index (χ0v) is 25.0. The third kappa shape index (κ3) is 7.80. The van der Waals surface area contributed by atoms with Gasteiger partial charge in [0.05, 0.1) is 6.54 Å². The molecule has 1 atom stereocenters. The minimum absolute atomic E-state index is 0.361. The summed E-state index contributed by atoms with van der Waals surface area (Å²) in [6, 6.07) is 20.7. The maximum atomic E-state index is 12.1. The molecule has 0 amide bonds. The Morgan fingerprint density at radius 3 is 2.42 bits per heavy atom. The number of unbranched alkanes of at least 4 members (excludes halogenated alkanes) is 1. The average Bonchev–Trinajstić information content (AvgIpc) is 3.32. The molecule has 0 radical (unpaired) electrons. The van der Waals surface area contributed by atoms with Crippen LogP contribution in [0.15, 0.2) is 71.9 Å². The first-order valence-corrected chi connectivity index (χ1v) is 15.2. The van der Waals surface area contributed by atoms with Crippen molar-refractivity contribution in [3.63, 3.8) is 0 Å². The first-order chi connectivity index (χ1) is 19.4. The van der Waals surface area contributed by atoms with Gasteiger partial charge >= 0.3 is 5.97 Å². The molecular formula is C31H33Cl2N3O3S. The number of benzene rings is 3. The fraction of sp³-hybridized carbons (Fsp3) is 0.323. The van der Waals surface area contributed by atoms with E-state index >= 15 is 0 Å². The van der Waals surface area contributed by atoms with E-state index in [0.29, 0.717) is 22.9 Å². The summed E-state index contributed by atoms with van der Waals surface area (Å²) in [5.74, 6) is 1.18. The van der Waals surface area contributed by atoms with Crippen LogP contribution in [0, 0.1) is 0 Å². The Bertz CT molecular complexity index is 1430. The van der Waals surface area contributed by atoms with Gasteiger partial charge in [0.2, 0.25) is 6.10 Å². The van der Waals surface area contributed by atoms with E-state index in [9.17, 15) is 9.90 Å². The van der Waals surface area contributed by atoms with E-state index < -0.39 is 12.1 Å². The van der Waals surface area contributed by atoms with Gasteiger partial charge < -0.3 is 14.4 Å². The third-order valence-corrected chi connectivity index (χ3v) is 8.10. The van der Waals surface area contributed by atoms with E-state index in [1.807, 2.05) is 36.4 Å². The SMILES string of the molecule is CCCCc1nnc(SCc2ccc(Cl)cc2)n1Cc1ccc(OC(C(=O)O)c2ccccc2Cl)c(CCC)c1. The maximum Gasteiger partial charge on any atom is 0.349 e. The van der Waals surface area contributed by atoms with Crippen molar-refractivity contribution in [2.75, 3.05) is 0 Å². The van der Waals surface area contributed by atoms with E-state index in [-0.39, 0.29) is 0 Å². The zero-order chi connectivity index (χ0) is 28.5. The van der Waals surface area contributed by atoms with Crippen LogP contribution in [0.5, 0.6) is 5.75 Å². The molecule has 40 heavy (non-hydrogen) atoms. The molecule has 3 aromatic carbocycles. The molecule has 1 unspecified atom stereocenters. The van der Waals surface area contributed by atoms with E-state index in [4.69, 9.17) is 27.9 Å². The summed E-state index contributed by atoms with van der Waals surface area (Å²) in [4.78, 5) is 12.1. The van der Waals surface area contributed by atoms with Crippen LogP contribution in [0.25, 0.3) is 0 Å². The van der Waals surface area contributed by atoms with Crippen LogP contribution in [0.1, 0.15) is 67.3 Å². The summed E-state index contributed by atoms with van der Waals surface area (Å²) >= 11 is 14.0. The Labute approximate surface area is 249 Å². The summed E-state index contributed by atoms with van der Waals surface area (Å²) in [6.45, 7) is 4.87. The highest BCUT2D eigenvalue weighted by Gasteiger charge is 2.25. The number of aliphatic carboxylic acids is 1. The molecule has 0 aliphatic heterocycles. The Hall–Kier alpha value is -3.00. The monoisotopic (exact) mass is 597 g/mol. The lowest BCUT2D eigenvalue weighted by Gasteiger charge is -2.20. The number of carbonyl (C=O) groups is 1. The fourth-order valence-electron chi connectivity index (χ4n) is 4.39. The van der Waals surface area contributed by atoms with E-state index in [0.717, 1.165) is 70.6 Å². The maximum absolute atomic E-state index is 12.1. The molecule has 0 aliphatic rings. The summed E-state index contributed by atoms with van der Waals surface area (Å²) in [5, 5.41) is 20.9. The largest absolute Gasteiger partial charge is 0.478 e. The predicted octanol–water partition coefficient (Wildman–Crippen LogP) is 8.43. The highest BCUT2D eigenvalue weighted by Crippen LogP contribution is 2.32. The quantitative estimate of drug-likeness (QED) is 0.147. The summed E-state index contributed by atoms with van der Waals surface area (Å²) in [6.07, 6.45) is 3.40. The molecule has 0 saturated carbocycles. The number of carboxylic acid groups (broad SMARTS) is 1. The average molecular weight is 599 g/mol. The minimum Gasteiger partial charge on any atom is -0.478 e. The molecule has 210 valence electrons. The molecule has 1 heterocycles. The zero-order valence-electron chi connectivity index (χ0n) is 22.6. The van der Waals surface area contributed by atoms with E-state index in [1.165, 1.54) is 0 Å². The number of nitrogens with zero attached hydrogens (tertiary/aromatic N) is 3. The molecule has 9 heteroatoms. The summed E-state index contributed by atoms with van der Waals surface area (Å²) < 4.78 is 8.27. The van der Waals surface area contributed by atoms with Crippen LogP contribution in [-0.4, -0.2) is 25.8 Å². The van der Waals surface area contributed by atoms with Gasteiger partial charge in [-0.3, -0.25) is 0 Å². The van der Waals surface area contributed by atoms with Gasteiger partial charge in [0, 0.05) is 27.8 Å². The number of hydrogen-bond donors (Lipinski definition) is 1. The molecule has 4 aromatic rings. The summed E-state index contributed by atoms with van der Waals surface area (Å²) in [5.41, 5.74) is 3.62. The van der Waals surface area contributed by atoms with Crippen molar-refractivity contribution in [2.24, 2.45) is 0 Å². The Morgan fingerprint density at radius 2 is 1.73 bits per heavy atom. The smallest absolute Gasteiger partial charge is 0.349 e. The van der Waals surface area contributed by atoms with Crippen LogP contribution in [0.4, 0.5) is 0 Å². The van der Waals surface area contributed by atoms with E-state index in [1.54, 1.807) is 36.0 Å². The Morgan fingerprint density at radius 1 is 0.975 bits per heavy atom. The second kappa shape index (κ2) is 14.6. The van der Waals surface area contributed by atoms with Gasteiger partial charge in [0.1, 0.15) is 11.6 Å². The first kappa shape index (κ1) is 30.0. The standard InChI is InChI=1S/C31H33Cl2N3O3S/c1-3-5-11-28-34-35-31(40-20-21-12-15-24(32)16-13-21)36(28)19-22-14-17-27(23(18-22)8-4-2)39-29(30(37)38)25-9-6-7-10-26(25)33/h6-7,9-10,12-18,29H,3-5,8,11,19-20H2,1-2H3,(H,37,38). The molecule has 0 aliphatic carbocycles. The lowest BCUT2D eigenvalue weighted by atomic mass is 10.0. The highest BCUT2D eigenvalue weighted by molar-refractivity contribution is 7.98. The highest BCUT2D eigenvalue weighted by atomic mass is 35.5. The lowest BCUT2D eigenvalue weighted by Crippen LogP contribution is -2.19. The Kier molecular flexibility index (Phi) is 10.9.